The highest BCUT2D eigenvalue weighted by Gasteiger charge is 2.59. The van der Waals surface area contributed by atoms with Crippen molar-refractivity contribution in [1.82, 2.24) is 0 Å². The Morgan fingerprint density at radius 2 is 1.73 bits per heavy atom. The summed E-state index contributed by atoms with van der Waals surface area (Å²) >= 11 is 0. The van der Waals surface area contributed by atoms with Crippen molar-refractivity contribution in [3.8, 4) is 23.0 Å². The van der Waals surface area contributed by atoms with Crippen LogP contribution in [0.15, 0.2) is 63.8 Å². The van der Waals surface area contributed by atoms with Crippen LogP contribution in [-0.2, 0) is 6.42 Å². The van der Waals surface area contributed by atoms with Crippen LogP contribution in [-0.4, -0.2) is 48.4 Å². The van der Waals surface area contributed by atoms with Crippen LogP contribution < -0.4 is 15.9 Å². The number of aliphatic hydroxyl groups excluding tert-OH is 2. The van der Waals surface area contributed by atoms with E-state index in [9.17, 15) is 35.4 Å². The van der Waals surface area contributed by atoms with Crippen molar-refractivity contribution < 1.29 is 39.8 Å². The highest BCUT2D eigenvalue weighted by molar-refractivity contribution is 5.87. The van der Waals surface area contributed by atoms with Gasteiger partial charge in [0.25, 0.3) is 0 Å². The third-order valence-electron chi connectivity index (χ3n) is 8.35. The molecule has 1 aliphatic heterocycles. The van der Waals surface area contributed by atoms with E-state index < -0.39 is 35.1 Å². The molecule has 4 aromatic rings. The second-order valence-corrected chi connectivity index (χ2v) is 10.8. The SMILES string of the molecule is Nc1ccc([C@H]2CC[C@]3(O)Cc4c(cc5oc([C@H](O)c6cc(O)cc(O)c6)cc(=O)c5c4O)O[C@@]3(CO)C2)cc1. The number of phenolic OH excluding ortho intramolecular Hbond substituents is 3. The molecule has 10 heteroatoms. The normalized spacial score (nSPS) is 24.6. The average molecular weight is 548 g/mol. The number of hydrogen-bond acceptors (Lipinski definition) is 10. The number of nitrogens with two attached hydrogens (primary N) is 1. The smallest absolute Gasteiger partial charge is 0.196 e. The number of fused-ring (bicyclic) bond motifs is 3. The molecule has 40 heavy (non-hydrogen) atoms. The zero-order chi connectivity index (χ0) is 28.4. The van der Waals surface area contributed by atoms with Crippen LogP contribution in [0, 0.1) is 0 Å². The van der Waals surface area contributed by atoms with Gasteiger partial charge in [-0.2, -0.15) is 0 Å². The Balaban J connectivity index is 1.42. The van der Waals surface area contributed by atoms with Crippen molar-refractivity contribution in [2.75, 3.05) is 12.3 Å². The molecule has 2 aliphatic rings. The monoisotopic (exact) mass is 547 g/mol. The molecular formula is C30H29NO9. The Bertz CT molecular complexity index is 1660. The van der Waals surface area contributed by atoms with Crippen molar-refractivity contribution in [3.05, 3.63) is 87.3 Å². The highest BCUT2D eigenvalue weighted by atomic mass is 16.5. The predicted molar refractivity (Wildman–Crippen MR) is 145 cm³/mol. The molecule has 1 saturated carbocycles. The number of ether oxygens (including phenoxy) is 1. The minimum absolute atomic E-state index is 0.0259. The van der Waals surface area contributed by atoms with Crippen molar-refractivity contribution in [2.45, 2.75) is 48.9 Å². The average Bonchev–Trinajstić information content (AvgIpc) is 2.91. The number of rotatable bonds is 4. The fraction of sp³-hybridized carbons (Fsp3) is 0.300. The Kier molecular flexibility index (Phi) is 5.95. The number of phenols is 3. The number of aromatic hydroxyl groups is 3. The molecule has 8 N–H and O–H groups in total. The molecular weight excluding hydrogens is 518 g/mol. The van der Waals surface area contributed by atoms with E-state index in [0.29, 0.717) is 18.5 Å². The van der Waals surface area contributed by atoms with E-state index in [1.54, 1.807) is 12.1 Å². The van der Waals surface area contributed by atoms with Crippen molar-refractivity contribution in [3.63, 3.8) is 0 Å². The maximum atomic E-state index is 13.1. The second kappa shape index (κ2) is 9.16. The van der Waals surface area contributed by atoms with Crippen LogP contribution in [0.1, 0.15) is 53.7 Å². The zero-order valence-corrected chi connectivity index (χ0v) is 21.4. The highest BCUT2D eigenvalue weighted by Crippen LogP contribution is 2.54. The van der Waals surface area contributed by atoms with Crippen LogP contribution in [0.5, 0.6) is 23.0 Å². The summed E-state index contributed by atoms with van der Waals surface area (Å²) in [6, 6.07) is 13.4. The number of benzene rings is 3. The Hall–Kier alpha value is -4.25. The summed E-state index contributed by atoms with van der Waals surface area (Å²) in [4.78, 5) is 13.1. The second-order valence-electron chi connectivity index (χ2n) is 10.8. The van der Waals surface area contributed by atoms with Crippen LogP contribution in [0.3, 0.4) is 0 Å². The summed E-state index contributed by atoms with van der Waals surface area (Å²) in [7, 11) is 0. The topological polar surface area (TPSA) is 187 Å². The Morgan fingerprint density at radius 1 is 1.02 bits per heavy atom. The molecule has 1 fully saturated rings. The molecule has 0 spiro atoms. The van der Waals surface area contributed by atoms with Gasteiger partial charge in [0, 0.05) is 35.9 Å². The third-order valence-corrected chi connectivity index (χ3v) is 8.35. The molecule has 2 heterocycles. The minimum Gasteiger partial charge on any atom is -0.508 e. The number of aliphatic hydroxyl groups is 3. The molecule has 208 valence electrons. The number of hydrogen-bond donors (Lipinski definition) is 7. The van der Waals surface area contributed by atoms with Crippen LogP contribution >= 0.6 is 0 Å². The molecule has 6 rings (SSSR count). The summed E-state index contributed by atoms with van der Waals surface area (Å²) in [5.41, 5.74) is 4.17. The van der Waals surface area contributed by atoms with Gasteiger partial charge in [0.05, 0.1) is 6.61 Å². The molecule has 0 amide bonds. The lowest BCUT2D eigenvalue weighted by atomic mass is 9.63. The van der Waals surface area contributed by atoms with E-state index in [2.05, 4.69) is 0 Å². The molecule has 0 unspecified atom stereocenters. The first-order chi connectivity index (χ1) is 19.0. The summed E-state index contributed by atoms with van der Waals surface area (Å²) in [6.07, 6.45) is -0.363. The summed E-state index contributed by atoms with van der Waals surface area (Å²) < 4.78 is 12.1. The molecule has 3 aromatic carbocycles. The standard InChI is InChI=1S/C30H29NO9/c31-18-3-1-15(2-4-18)16-5-6-29(38)13-21-23(40-30(29,12-16)14-32)11-24-26(28(21)37)22(35)10-25(39-24)27(36)17-7-19(33)9-20(34)8-17/h1-4,7-11,16,27,32-34,36-38H,5-6,12-14,31H2/t16-,27+,29-,30+/m0/s1. The van der Waals surface area contributed by atoms with Gasteiger partial charge in [-0.3, -0.25) is 4.79 Å². The van der Waals surface area contributed by atoms with Gasteiger partial charge in [-0.25, -0.2) is 0 Å². The minimum atomic E-state index is -1.51. The van der Waals surface area contributed by atoms with E-state index in [1.165, 1.54) is 18.2 Å². The van der Waals surface area contributed by atoms with Crippen molar-refractivity contribution in [2.24, 2.45) is 0 Å². The van der Waals surface area contributed by atoms with E-state index >= 15 is 0 Å². The lowest BCUT2D eigenvalue weighted by molar-refractivity contribution is -0.191. The van der Waals surface area contributed by atoms with Crippen molar-refractivity contribution in [1.29, 1.82) is 0 Å². The lowest BCUT2D eigenvalue weighted by Gasteiger charge is -2.54. The van der Waals surface area contributed by atoms with Gasteiger partial charge >= 0.3 is 0 Å². The molecule has 10 nitrogen and oxygen atoms in total. The van der Waals surface area contributed by atoms with Gasteiger partial charge in [-0.1, -0.05) is 12.1 Å². The largest absolute Gasteiger partial charge is 0.508 e. The molecule has 0 radical (unpaired) electrons. The predicted octanol–water partition coefficient (Wildman–Crippen LogP) is 2.94. The molecule has 1 aliphatic carbocycles. The van der Waals surface area contributed by atoms with Gasteiger partial charge < -0.3 is 45.5 Å². The summed E-state index contributed by atoms with van der Waals surface area (Å²) in [6.45, 7) is -0.489. The lowest BCUT2D eigenvalue weighted by Crippen LogP contribution is -2.66. The summed E-state index contributed by atoms with van der Waals surface area (Å²) in [5, 5.41) is 63.8. The van der Waals surface area contributed by atoms with Gasteiger partial charge in [-0.15, -0.1) is 0 Å². The first-order valence-electron chi connectivity index (χ1n) is 12.9. The van der Waals surface area contributed by atoms with Crippen LogP contribution in [0.25, 0.3) is 11.0 Å². The fourth-order valence-electron chi connectivity index (χ4n) is 6.19. The maximum Gasteiger partial charge on any atom is 0.196 e. The van der Waals surface area contributed by atoms with Gasteiger partial charge in [-0.05, 0) is 60.6 Å². The number of nitrogen functional groups attached to an aromatic ring is 1. The van der Waals surface area contributed by atoms with E-state index in [-0.39, 0.29) is 63.9 Å². The van der Waals surface area contributed by atoms with Crippen molar-refractivity contribution >= 4 is 16.7 Å². The van der Waals surface area contributed by atoms with E-state index in [1.807, 2.05) is 12.1 Å². The third kappa shape index (κ3) is 4.03. The Morgan fingerprint density at radius 3 is 2.40 bits per heavy atom. The quantitative estimate of drug-likeness (QED) is 0.187. The van der Waals surface area contributed by atoms with E-state index in [4.69, 9.17) is 14.9 Å². The van der Waals surface area contributed by atoms with Gasteiger partial charge in [0.2, 0.25) is 0 Å². The van der Waals surface area contributed by atoms with E-state index in [0.717, 1.165) is 17.7 Å². The first-order valence-corrected chi connectivity index (χ1v) is 12.9. The van der Waals surface area contributed by atoms with Crippen LogP contribution in [0.2, 0.25) is 0 Å². The zero-order valence-electron chi connectivity index (χ0n) is 21.4. The molecule has 1 aromatic heterocycles. The molecule has 4 atom stereocenters. The molecule has 0 bridgehead atoms. The summed E-state index contributed by atoms with van der Waals surface area (Å²) in [5.74, 6) is -1.05. The molecule has 0 saturated heterocycles. The number of anilines is 1. The van der Waals surface area contributed by atoms with Crippen LogP contribution in [0.4, 0.5) is 5.69 Å². The van der Waals surface area contributed by atoms with Gasteiger partial charge in [0.1, 0.15) is 51.4 Å². The van der Waals surface area contributed by atoms with Gasteiger partial charge in [0.15, 0.2) is 11.0 Å². The fourth-order valence-corrected chi connectivity index (χ4v) is 6.19. The Labute approximate surface area is 228 Å². The first kappa shape index (κ1) is 26.0. The maximum absolute atomic E-state index is 13.1.